The highest BCUT2D eigenvalue weighted by atomic mass is 16.2. The number of hydrogen-bond donors (Lipinski definition) is 1. The third-order valence-corrected chi connectivity index (χ3v) is 5.35. The molecule has 1 rings (SSSR count). The van der Waals surface area contributed by atoms with E-state index in [0.717, 1.165) is 25.9 Å². The lowest BCUT2D eigenvalue weighted by Gasteiger charge is -2.08. The molecule has 1 heterocycles. The molecule has 30 heavy (non-hydrogen) atoms. The van der Waals surface area contributed by atoms with Gasteiger partial charge in [0, 0.05) is 19.5 Å². The maximum Gasteiger partial charge on any atom is 0.243 e. The van der Waals surface area contributed by atoms with Crippen LogP contribution in [-0.2, 0) is 9.59 Å². The van der Waals surface area contributed by atoms with Gasteiger partial charge in [0.05, 0.1) is 0 Å². The molecule has 1 saturated heterocycles. The second-order valence-corrected chi connectivity index (χ2v) is 8.41. The first-order chi connectivity index (χ1) is 14.5. The molecule has 0 bridgehead atoms. The lowest BCUT2D eigenvalue weighted by Crippen LogP contribution is -2.21. The van der Waals surface area contributed by atoms with Gasteiger partial charge in [-0.3, -0.25) is 9.59 Å². The van der Waals surface area contributed by atoms with Gasteiger partial charge in [-0.15, -0.1) is 0 Å². The predicted molar refractivity (Wildman–Crippen MR) is 128 cm³/mol. The van der Waals surface area contributed by atoms with Crippen LogP contribution in [0.2, 0.25) is 0 Å². The molecular weight excluding hydrogens is 374 g/mol. The first-order valence-corrected chi connectivity index (χ1v) is 12.0. The normalized spacial score (nSPS) is 13.2. The Bertz CT molecular complexity index is 463. The van der Waals surface area contributed by atoms with E-state index < -0.39 is 0 Å². The van der Waals surface area contributed by atoms with Crippen molar-refractivity contribution in [2.45, 2.75) is 89.9 Å². The highest BCUT2D eigenvalue weighted by molar-refractivity contribution is 5.86. The fourth-order valence-corrected chi connectivity index (χ4v) is 3.47. The molecule has 0 aromatic heterocycles. The number of hydrogen-bond acceptors (Lipinski definition) is 3. The SMILES string of the molecule is C=CC(=O)NCCCCCCCCCCCCCCN(C)C.C=CN1CCCC1=O. The standard InChI is InChI=1S/C19H38N2O.C6H9NO/c1-4-19(22)20-17-15-13-11-9-7-5-6-8-10-12-14-16-18-21(2)3;1-2-7-5-3-4-6(7)8/h4H,1,5-18H2,2-3H3,(H,20,22);2H,1,3-5H2. The van der Waals surface area contributed by atoms with Crippen molar-refractivity contribution < 1.29 is 9.59 Å². The van der Waals surface area contributed by atoms with E-state index in [9.17, 15) is 9.59 Å². The van der Waals surface area contributed by atoms with E-state index >= 15 is 0 Å². The fourth-order valence-electron chi connectivity index (χ4n) is 3.47. The zero-order valence-corrected chi connectivity index (χ0v) is 19.8. The lowest BCUT2D eigenvalue weighted by molar-refractivity contribution is -0.125. The smallest absolute Gasteiger partial charge is 0.243 e. The summed E-state index contributed by atoms with van der Waals surface area (Å²) in [6.07, 6.45) is 20.7. The Balaban J connectivity index is 0.000000867. The van der Waals surface area contributed by atoms with Crippen molar-refractivity contribution in [2.75, 3.05) is 33.7 Å². The molecule has 0 saturated carbocycles. The van der Waals surface area contributed by atoms with Gasteiger partial charge in [-0.05, 0) is 52.2 Å². The van der Waals surface area contributed by atoms with Crippen molar-refractivity contribution >= 4 is 11.8 Å². The van der Waals surface area contributed by atoms with Crippen LogP contribution in [0.1, 0.15) is 89.9 Å². The predicted octanol–water partition coefficient (Wildman–Crippen LogP) is 5.28. The molecule has 2 amide bonds. The van der Waals surface area contributed by atoms with Crippen molar-refractivity contribution in [3.05, 3.63) is 25.4 Å². The number of unbranched alkanes of at least 4 members (excludes halogenated alkanes) is 11. The van der Waals surface area contributed by atoms with Crippen LogP contribution in [-0.4, -0.2) is 55.3 Å². The summed E-state index contributed by atoms with van der Waals surface area (Å²) in [7, 11) is 4.30. The molecule has 5 heteroatoms. The third-order valence-electron chi connectivity index (χ3n) is 5.35. The largest absolute Gasteiger partial charge is 0.353 e. The fraction of sp³-hybridized carbons (Fsp3) is 0.760. The van der Waals surface area contributed by atoms with Crippen LogP contribution in [0, 0.1) is 0 Å². The molecule has 174 valence electrons. The monoisotopic (exact) mass is 421 g/mol. The van der Waals surface area contributed by atoms with Crippen molar-refractivity contribution in [3.8, 4) is 0 Å². The lowest BCUT2D eigenvalue weighted by atomic mass is 10.1. The van der Waals surface area contributed by atoms with Crippen LogP contribution in [0.4, 0.5) is 0 Å². The Morgan fingerprint density at radius 3 is 1.80 bits per heavy atom. The molecule has 5 nitrogen and oxygen atoms in total. The van der Waals surface area contributed by atoms with Crippen molar-refractivity contribution in [3.63, 3.8) is 0 Å². The summed E-state index contributed by atoms with van der Waals surface area (Å²) in [5.74, 6) is 0.154. The minimum Gasteiger partial charge on any atom is -0.353 e. The zero-order chi connectivity index (χ0) is 22.5. The molecule has 0 unspecified atom stereocenters. The maximum atomic E-state index is 10.9. The second-order valence-electron chi connectivity index (χ2n) is 8.41. The Morgan fingerprint density at radius 2 is 1.43 bits per heavy atom. The quantitative estimate of drug-likeness (QED) is 0.257. The number of nitrogens with one attached hydrogen (secondary N) is 1. The first-order valence-electron chi connectivity index (χ1n) is 12.0. The van der Waals surface area contributed by atoms with Crippen molar-refractivity contribution in [1.82, 2.24) is 15.1 Å². The van der Waals surface area contributed by atoms with E-state index in [-0.39, 0.29) is 11.8 Å². The summed E-state index contributed by atoms with van der Waals surface area (Å²) < 4.78 is 0. The van der Waals surface area contributed by atoms with Crippen LogP contribution >= 0.6 is 0 Å². The number of carbonyl (C=O) groups is 2. The number of rotatable bonds is 17. The van der Waals surface area contributed by atoms with E-state index in [1.807, 2.05) is 0 Å². The van der Waals surface area contributed by atoms with E-state index in [0.29, 0.717) is 6.42 Å². The number of likely N-dealkylation sites (tertiary alicyclic amines) is 1. The van der Waals surface area contributed by atoms with Crippen LogP contribution < -0.4 is 5.32 Å². The summed E-state index contributed by atoms with van der Waals surface area (Å²) >= 11 is 0. The first kappa shape index (κ1) is 28.4. The van der Waals surface area contributed by atoms with Gasteiger partial charge in [-0.1, -0.05) is 77.4 Å². The van der Waals surface area contributed by atoms with E-state index in [1.165, 1.54) is 83.2 Å². The Kier molecular flexibility index (Phi) is 19.5. The van der Waals surface area contributed by atoms with E-state index in [4.69, 9.17) is 0 Å². The maximum absolute atomic E-state index is 10.9. The molecule has 1 fully saturated rings. The highest BCUT2D eigenvalue weighted by Gasteiger charge is 2.16. The minimum atomic E-state index is -0.0540. The average Bonchev–Trinajstić information content (AvgIpc) is 3.15. The van der Waals surface area contributed by atoms with Crippen LogP contribution in [0.5, 0.6) is 0 Å². The molecule has 0 aliphatic carbocycles. The van der Waals surface area contributed by atoms with Gasteiger partial charge in [-0.2, -0.15) is 0 Å². The van der Waals surface area contributed by atoms with Gasteiger partial charge in [0.1, 0.15) is 0 Å². The topological polar surface area (TPSA) is 52.7 Å². The molecule has 0 aromatic carbocycles. The van der Waals surface area contributed by atoms with Gasteiger partial charge in [-0.25, -0.2) is 0 Å². The number of nitrogens with zero attached hydrogens (tertiary/aromatic N) is 2. The van der Waals surface area contributed by atoms with Crippen LogP contribution in [0.3, 0.4) is 0 Å². The summed E-state index contributed by atoms with van der Waals surface area (Å²) in [5.41, 5.74) is 0. The summed E-state index contributed by atoms with van der Waals surface area (Å²) in [4.78, 5) is 25.5. The van der Waals surface area contributed by atoms with Gasteiger partial charge < -0.3 is 15.1 Å². The van der Waals surface area contributed by atoms with Gasteiger partial charge in [0.25, 0.3) is 0 Å². The Labute approximate surface area is 186 Å². The minimum absolute atomic E-state index is 0.0540. The summed E-state index contributed by atoms with van der Waals surface area (Å²) in [6.45, 7) is 9.82. The number of carbonyl (C=O) groups excluding carboxylic acids is 2. The molecule has 0 radical (unpaired) electrons. The van der Waals surface area contributed by atoms with Gasteiger partial charge >= 0.3 is 0 Å². The molecule has 1 aliphatic rings. The van der Waals surface area contributed by atoms with Crippen LogP contribution in [0.15, 0.2) is 25.4 Å². The molecule has 1 N–H and O–H groups in total. The summed E-state index contributed by atoms with van der Waals surface area (Å²) in [5, 5.41) is 2.82. The molecular formula is C25H47N3O2. The van der Waals surface area contributed by atoms with Crippen LogP contribution in [0.25, 0.3) is 0 Å². The number of amides is 2. The molecule has 1 aliphatic heterocycles. The Hall–Kier alpha value is -1.62. The zero-order valence-electron chi connectivity index (χ0n) is 19.8. The third kappa shape index (κ3) is 18.4. The second kappa shape index (κ2) is 20.6. The average molecular weight is 422 g/mol. The molecule has 0 aromatic rings. The highest BCUT2D eigenvalue weighted by Crippen LogP contribution is 2.12. The summed E-state index contributed by atoms with van der Waals surface area (Å²) in [6, 6.07) is 0. The van der Waals surface area contributed by atoms with E-state index in [1.54, 1.807) is 11.1 Å². The van der Waals surface area contributed by atoms with Crippen molar-refractivity contribution in [1.29, 1.82) is 0 Å². The van der Waals surface area contributed by atoms with E-state index in [2.05, 4.69) is 37.5 Å². The van der Waals surface area contributed by atoms with Gasteiger partial charge in [0.15, 0.2) is 0 Å². The Morgan fingerprint density at radius 1 is 0.933 bits per heavy atom. The van der Waals surface area contributed by atoms with Crippen molar-refractivity contribution in [2.24, 2.45) is 0 Å². The molecule has 0 atom stereocenters. The van der Waals surface area contributed by atoms with Gasteiger partial charge in [0.2, 0.25) is 11.8 Å². The molecule has 0 spiro atoms.